The second-order valence-electron chi connectivity index (χ2n) is 6.03. The number of fused-ring (bicyclic) bond motifs is 1. The molecule has 3 atom stereocenters. The standard InChI is InChI=1S/C16H20BrFN2O/c17-11-5-3-6-12(18)15(11)20-16(21)14-9-8-10-4-1-2-7-13(10)19-14/h3,5-6,10,13-14,19H,1-2,4,7-9H2,(H,20,21). The molecule has 1 aromatic carbocycles. The van der Waals surface area contributed by atoms with Crippen molar-refractivity contribution >= 4 is 27.5 Å². The van der Waals surface area contributed by atoms with Crippen molar-refractivity contribution in [2.75, 3.05) is 5.32 Å². The van der Waals surface area contributed by atoms with Crippen LogP contribution >= 0.6 is 15.9 Å². The number of hydrogen-bond acceptors (Lipinski definition) is 2. The van der Waals surface area contributed by atoms with Gasteiger partial charge in [-0.05, 0) is 59.7 Å². The number of anilines is 1. The molecule has 2 aliphatic rings. The van der Waals surface area contributed by atoms with E-state index in [-0.39, 0.29) is 17.6 Å². The lowest BCUT2D eigenvalue weighted by Gasteiger charge is -2.39. The van der Waals surface area contributed by atoms with Gasteiger partial charge in [0.25, 0.3) is 0 Å². The Hall–Kier alpha value is -0.940. The molecule has 21 heavy (non-hydrogen) atoms. The minimum atomic E-state index is -0.413. The molecule has 2 N–H and O–H groups in total. The lowest BCUT2D eigenvalue weighted by Crippen LogP contribution is -2.53. The fourth-order valence-electron chi connectivity index (χ4n) is 3.53. The van der Waals surface area contributed by atoms with Gasteiger partial charge in [0.15, 0.2) is 0 Å². The Balaban J connectivity index is 1.66. The molecular formula is C16H20BrFN2O. The molecule has 2 fully saturated rings. The van der Waals surface area contributed by atoms with Gasteiger partial charge in [-0.1, -0.05) is 18.9 Å². The van der Waals surface area contributed by atoms with Crippen molar-refractivity contribution in [1.29, 1.82) is 0 Å². The SMILES string of the molecule is O=C(Nc1c(F)cccc1Br)C1CCC2CCCCC2N1. The number of halogens is 2. The summed E-state index contributed by atoms with van der Waals surface area (Å²) in [5.74, 6) is 0.164. The first-order valence-electron chi connectivity index (χ1n) is 7.66. The molecule has 1 heterocycles. The minimum Gasteiger partial charge on any atom is -0.321 e. The first-order valence-corrected chi connectivity index (χ1v) is 8.45. The highest BCUT2D eigenvalue weighted by atomic mass is 79.9. The van der Waals surface area contributed by atoms with Gasteiger partial charge in [-0.25, -0.2) is 4.39 Å². The summed E-state index contributed by atoms with van der Waals surface area (Å²) in [6.45, 7) is 0. The molecule has 1 amide bonds. The van der Waals surface area contributed by atoms with E-state index in [0.29, 0.717) is 16.4 Å². The zero-order chi connectivity index (χ0) is 14.8. The van der Waals surface area contributed by atoms with Crippen LogP contribution in [0.2, 0.25) is 0 Å². The van der Waals surface area contributed by atoms with Crippen molar-refractivity contribution in [3.05, 3.63) is 28.5 Å². The number of para-hydroxylation sites is 1. The van der Waals surface area contributed by atoms with Gasteiger partial charge in [0.1, 0.15) is 5.82 Å². The van der Waals surface area contributed by atoms with Crippen LogP contribution in [-0.2, 0) is 4.79 Å². The molecule has 1 aliphatic heterocycles. The highest BCUT2D eigenvalue weighted by Crippen LogP contribution is 2.33. The number of amides is 1. The quantitative estimate of drug-likeness (QED) is 0.847. The van der Waals surface area contributed by atoms with Crippen LogP contribution in [0.15, 0.2) is 22.7 Å². The number of hydrogen-bond donors (Lipinski definition) is 2. The summed E-state index contributed by atoms with van der Waals surface area (Å²) in [6, 6.07) is 4.93. The third-order valence-corrected chi connectivity index (χ3v) is 5.34. The van der Waals surface area contributed by atoms with E-state index in [1.165, 1.54) is 25.3 Å². The maximum atomic E-state index is 13.8. The summed E-state index contributed by atoms with van der Waals surface area (Å²) in [7, 11) is 0. The molecule has 3 rings (SSSR count). The number of carbonyl (C=O) groups excluding carboxylic acids is 1. The zero-order valence-corrected chi connectivity index (χ0v) is 13.5. The van der Waals surface area contributed by atoms with Gasteiger partial charge in [-0.15, -0.1) is 0 Å². The normalized spacial score (nSPS) is 28.8. The molecule has 1 aliphatic carbocycles. The summed E-state index contributed by atoms with van der Waals surface area (Å²) in [5.41, 5.74) is 0.232. The van der Waals surface area contributed by atoms with Gasteiger partial charge in [0.05, 0.1) is 11.7 Å². The predicted molar refractivity (Wildman–Crippen MR) is 84.6 cm³/mol. The van der Waals surface area contributed by atoms with Crippen LogP contribution in [0.1, 0.15) is 38.5 Å². The second kappa shape index (κ2) is 6.44. The smallest absolute Gasteiger partial charge is 0.241 e. The largest absolute Gasteiger partial charge is 0.321 e. The molecular weight excluding hydrogens is 335 g/mol. The van der Waals surface area contributed by atoms with Gasteiger partial charge in [0.2, 0.25) is 5.91 Å². The maximum absolute atomic E-state index is 13.8. The van der Waals surface area contributed by atoms with Crippen molar-refractivity contribution in [2.24, 2.45) is 5.92 Å². The fraction of sp³-hybridized carbons (Fsp3) is 0.562. The highest BCUT2D eigenvalue weighted by molar-refractivity contribution is 9.10. The molecule has 1 aromatic rings. The Morgan fingerprint density at radius 1 is 1.24 bits per heavy atom. The first-order chi connectivity index (χ1) is 10.1. The average Bonchev–Trinajstić information content (AvgIpc) is 2.50. The summed E-state index contributed by atoms with van der Waals surface area (Å²) in [6.07, 6.45) is 6.89. The second-order valence-corrected chi connectivity index (χ2v) is 6.89. The molecule has 3 nitrogen and oxygen atoms in total. The molecule has 114 valence electrons. The number of carbonyl (C=O) groups is 1. The maximum Gasteiger partial charge on any atom is 0.241 e. The van der Waals surface area contributed by atoms with Crippen LogP contribution in [0.5, 0.6) is 0 Å². The van der Waals surface area contributed by atoms with E-state index in [9.17, 15) is 9.18 Å². The number of piperidine rings is 1. The van der Waals surface area contributed by atoms with E-state index in [1.54, 1.807) is 12.1 Å². The number of rotatable bonds is 2. The molecule has 0 aromatic heterocycles. The lowest BCUT2D eigenvalue weighted by molar-refractivity contribution is -0.119. The molecule has 0 radical (unpaired) electrons. The van der Waals surface area contributed by atoms with Crippen LogP contribution in [-0.4, -0.2) is 18.0 Å². The van der Waals surface area contributed by atoms with Gasteiger partial charge in [-0.2, -0.15) is 0 Å². The van der Waals surface area contributed by atoms with E-state index in [1.807, 2.05) is 0 Å². The summed E-state index contributed by atoms with van der Waals surface area (Å²) in [4.78, 5) is 12.4. The molecule has 5 heteroatoms. The topological polar surface area (TPSA) is 41.1 Å². The van der Waals surface area contributed by atoms with Crippen LogP contribution in [0.25, 0.3) is 0 Å². The number of nitrogens with one attached hydrogen (secondary N) is 2. The first kappa shape index (κ1) is 15.0. The molecule has 1 saturated heterocycles. The van der Waals surface area contributed by atoms with E-state index in [0.717, 1.165) is 19.3 Å². The molecule has 0 spiro atoms. The van der Waals surface area contributed by atoms with E-state index in [2.05, 4.69) is 26.6 Å². The van der Waals surface area contributed by atoms with Gasteiger partial charge in [0, 0.05) is 10.5 Å². The van der Waals surface area contributed by atoms with Crippen LogP contribution in [0, 0.1) is 11.7 Å². The Morgan fingerprint density at radius 3 is 2.86 bits per heavy atom. The van der Waals surface area contributed by atoms with Crippen molar-refractivity contribution in [1.82, 2.24) is 5.32 Å². The van der Waals surface area contributed by atoms with E-state index in [4.69, 9.17) is 0 Å². The van der Waals surface area contributed by atoms with E-state index < -0.39 is 5.82 Å². The summed E-state index contributed by atoms with van der Waals surface area (Å²) < 4.78 is 14.4. The van der Waals surface area contributed by atoms with E-state index >= 15 is 0 Å². The zero-order valence-electron chi connectivity index (χ0n) is 11.9. The molecule has 0 bridgehead atoms. The van der Waals surface area contributed by atoms with Crippen molar-refractivity contribution in [3.63, 3.8) is 0 Å². The van der Waals surface area contributed by atoms with Gasteiger partial charge < -0.3 is 10.6 Å². The van der Waals surface area contributed by atoms with Crippen molar-refractivity contribution < 1.29 is 9.18 Å². The Kier molecular flexibility index (Phi) is 4.60. The Bertz CT molecular complexity index is 517. The predicted octanol–water partition coefficient (Wildman–Crippen LogP) is 3.84. The lowest BCUT2D eigenvalue weighted by atomic mass is 9.77. The monoisotopic (exact) mass is 354 g/mol. The van der Waals surface area contributed by atoms with Crippen LogP contribution in [0.4, 0.5) is 10.1 Å². The molecule has 3 unspecified atom stereocenters. The van der Waals surface area contributed by atoms with Gasteiger partial charge in [-0.3, -0.25) is 4.79 Å². The van der Waals surface area contributed by atoms with Gasteiger partial charge >= 0.3 is 0 Å². The third-order valence-electron chi connectivity index (χ3n) is 4.68. The minimum absolute atomic E-state index is 0.134. The summed E-state index contributed by atoms with van der Waals surface area (Å²) in [5, 5.41) is 6.18. The number of benzene rings is 1. The highest BCUT2D eigenvalue weighted by Gasteiger charge is 2.34. The Labute approximate surface area is 132 Å². The van der Waals surface area contributed by atoms with Crippen molar-refractivity contribution in [2.45, 2.75) is 50.6 Å². The van der Waals surface area contributed by atoms with Crippen LogP contribution in [0.3, 0.4) is 0 Å². The summed E-state index contributed by atoms with van der Waals surface area (Å²) >= 11 is 3.28. The molecule has 1 saturated carbocycles. The third kappa shape index (κ3) is 3.29. The van der Waals surface area contributed by atoms with Crippen molar-refractivity contribution in [3.8, 4) is 0 Å². The Morgan fingerprint density at radius 2 is 2.05 bits per heavy atom. The fourth-order valence-corrected chi connectivity index (χ4v) is 3.97. The average molecular weight is 355 g/mol. The van der Waals surface area contributed by atoms with Crippen LogP contribution < -0.4 is 10.6 Å².